The molecule has 0 aliphatic carbocycles. The molecule has 0 aromatic carbocycles. The first-order valence-electron chi connectivity index (χ1n) is 4.64. The Hall–Kier alpha value is -2.05. The highest BCUT2D eigenvalue weighted by Gasteiger charge is 2.32. The van der Waals surface area contributed by atoms with Crippen LogP contribution in [0, 0.1) is 0 Å². The van der Waals surface area contributed by atoms with Crippen molar-refractivity contribution in [2.75, 3.05) is 7.11 Å². The highest BCUT2D eigenvalue weighted by Crippen LogP contribution is 2.27. The summed E-state index contributed by atoms with van der Waals surface area (Å²) in [6.07, 6.45) is -1.75. The van der Waals surface area contributed by atoms with Crippen LogP contribution >= 0.6 is 0 Å². The summed E-state index contributed by atoms with van der Waals surface area (Å²) in [7, 11) is 1.46. The van der Waals surface area contributed by atoms with E-state index in [-0.39, 0.29) is 0 Å². The monoisotopic (exact) mass is 243 g/mol. The molecule has 0 spiro atoms. The molecule has 2 aromatic heterocycles. The summed E-state index contributed by atoms with van der Waals surface area (Å²) in [6.45, 7) is 0. The normalized spacial score (nSPS) is 11.5. The lowest BCUT2D eigenvalue weighted by molar-refractivity contribution is -0.141. The van der Waals surface area contributed by atoms with Gasteiger partial charge in [-0.05, 0) is 12.1 Å². The molecule has 0 aliphatic rings. The number of alkyl halides is 3. The number of halogens is 3. The molecule has 4 nitrogen and oxygen atoms in total. The van der Waals surface area contributed by atoms with E-state index in [0.717, 1.165) is 12.3 Å². The number of ether oxygens (including phenoxy) is 1. The molecule has 90 valence electrons. The SMILES string of the molecule is COc1ccn(-c2ccc(C(F)(F)F)nc2)n1. The Morgan fingerprint density at radius 2 is 2.00 bits per heavy atom. The fourth-order valence-corrected chi connectivity index (χ4v) is 1.25. The van der Waals surface area contributed by atoms with E-state index >= 15 is 0 Å². The first-order chi connectivity index (χ1) is 8.00. The molecule has 2 rings (SSSR count). The lowest BCUT2D eigenvalue weighted by Gasteiger charge is -2.06. The topological polar surface area (TPSA) is 39.9 Å². The van der Waals surface area contributed by atoms with Gasteiger partial charge in [0.1, 0.15) is 5.69 Å². The molecule has 0 bridgehead atoms. The molecular weight excluding hydrogens is 235 g/mol. The van der Waals surface area contributed by atoms with Crippen LogP contribution in [0.4, 0.5) is 13.2 Å². The third-order valence-corrected chi connectivity index (χ3v) is 2.08. The Kier molecular flexibility index (Phi) is 2.74. The van der Waals surface area contributed by atoms with Crippen molar-refractivity contribution in [2.45, 2.75) is 6.18 Å². The number of nitrogens with zero attached hydrogens (tertiary/aromatic N) is 3. The number of rotatable bonds is 2. The molecule has 0 amide bonds. The van der Waals surface area contributed by atoms with Crippen LogP contribution in [0.25, 0.3) is 5.69 Å². The van der Waals surface area contributed by atoms with Gasteiger partial charge in [0.15, 0.2) is 0 Å². The van der Waals surface area contributed by atoms with Gasteiger partial charge in [-0.2, -0.15) is 13.2 Å². The van der Waals surface area contributed by atoms with E-state index < -0.39 is 11.9 Å². The van der Waals surface area contributed by atoms with Gasteiger partial charge in [0, 0.05) is 12.3 Å². The molecule has 0 atom stereocenters. The highest BCUT2D eigenvalue weighted by atomic mass is 19.4. The Balaban J connectivity index is 2.29. The lowest BCUT2D eigenvalue weighted by Crippen LogP contribution is -2.08. The average molecular weight is 243 g/mol. The Labute approximate surface area is 94.7 Å². The van der Waals surface area contributed by atoms with Gasteiger partial charge in [0.2, 0.25) is 5.88 Å². The van der Waals surface area contributed by atoms with Crippen LogP contribution in [0.15, 0.2) is 30.6 Å². The van der Waals surface area contributed by atoms with E-state index in [9.17, 15) is 13.2 Å². The number of pyridine rings is 1. The fraction of sp³-hybridized carbons (Fsp3) is 0.200. The predicted octanol–water partition coefficient (Wildman–Crippen LogP) is 2.29. The van der Waals surface area contributed by atoms with Crippen LogP contribution < -0.4 is 4.74 Å². The second-order valence-electron chi connectivity index (χ2n) is 3.20. The molecule has 0 saturated heterocycles. The number of hydrogen-bond donors (Lipinski definition) is 0. The zero-order valence-corrected chi connectivity index (χ0v) is 8.77. The lowest BCUT2D eigenvalue weighted by atomic mass is 10.3. The van der Waals surface area contributed by atoms with Crippen molar-refractivity contribution >= 4 is 0 Å². The third kappa shape index (κ3) is 2.38. The summed E-state index contributed by atoms with van der Waals surface area (Å²) in [6, 6.07) is 3.80. The van der Waals surface area contributed by atoms with E-state index in [1.807, 2.05) is 0 Å². The Bertz CT molecular complexity index is 504. The molecule has 2 aromatic rings. The summed E-state index contributed by atoms with van der Waals surface area (Å²) in [4.78, 5) is 3.33. The van der Waals surface area contributed by atoms with Crippen molar-refractivity contribution < 1.29 is 17.9 Å². The Morgan fingerprint density at radius 1 is 1.24 bits per heavy atom. The summed E-state index contributed by atoms with van der Waals surface area (Å²) >= 11 is 0. The highest BCUT2D eigenvalue weighted by molar-refractivity contribution is 5.30. The minimum Gasteiger partial charge on any atom is -0.480 e. The van der Waals surface area contributed by atoms with Gasteiger partial charge < -0.3 is 4.74 Å². The minimum atomic E-state index is -4.43. The molecular formula is C10H8F3N3O. The van der Waals surface area contributed by atoms with Gasteiger partial charge in [-0.15, -0.1) is 5.10 Å². The minimum absolute atomic E-state index is 0.380. The smallest absolute Gasteiger partial charge is 0.433 e. The molecule has 0 saturated carbocycles. The summed E-state index contributed by atoms with van der Waals surface area (Å²) in [5.41, 5.74) is -0.498. The molecule has 0 unspecified atom stereocenters. The quantitative estimate of drug-likeness (QED) is 0.812. The van der Waals surface area contributed by atoms with Crippen LogP contribution in [-0.4, -0.2) is 21.9 Å². The maximum absolute atomic E-state index is 12.3. The first-order valence-corrected chi connectivity index (χ1v) is 4.64. The number of methoxy groups -OCH3 is 1. The molecule has 0 aliphatic heterocycles. The van der Waals surface area contributed by atoms with Crippen molar-refractivity contribution in [1.29, 1.82) is 0 Å². The van der Waals surface area contributed by atoms with E-state index in [1.165, 1.54) is 17.9 Å². The van der Waals surface area contributed by atoms with Crippen LogP contribution in [0.2, 0.25) is 0 Å². The van der Waals surface area contributed by atoms with Crippen LogP contribution in [0.3, 0.4) is 0 Å². The van der Waals surface area contributed by atoms with Crippen LogP contribution in [0.5, 0.6) is 5.88 Å². The summed E-state index contributed by atoms with van der Waals surface area (Å²) in [5.74, 6) is 0.380. The average Bonchev–Trinajstić information content (AvgIpc) is 2.76. The number of hydrogen-bond acceptors (Lipinski definition) is 3. The van der Waals surface area contributed by atoms with Gasteiger partial charge in [-0.3, -0.25) is 0 Å². The predicted molar refractivity (Wildman–Crippen MR) is 52.9 cm³/mol. The molecule has 7 heteroatoms. The van der Waals surface area contributed by atoms with E-state index in [1.54, 1.807) is 12.3 Å². The molecule has 2 heterocycles. The van der Waals surface area contributed by atoms with Gasteiger partial charge in [-0.1, -0.05) is 0 Å². The zero-order chi connectivity index (χ0) is 12.5. The van der Waals surface area contributed by atoms with E-state index in [2.05, 4.69) is 10.1 Å². The Morgan fingerprint density at radius 3 is 2.47 bits per heavy atom. The van der Waals surface area contributed by atoms with Gasteiger partial charge in [0.05, 0.1) is 19.0 Å². The van der Waals surface area contributed by atoms with Crippen LogP contribution in [0.1, 0.15) is 5.69 Å². The standard InChI is InChI=1S/C10H8F3N3O/c1-17-9-4-5-16(15-9)7-2-3-8(14-6-7)10(11,12)13/h2-6H,1H3. The van der Waals surface area contributed by atoms with Gasteiger partial charge in [0.25, 0.3) is 0 Å². The largest absolute Gasteiger partial charge is 0.480 e. The summed E-state index contributed by atoms with van der Waals surface area (Å²) in [5, 5.41) is 3.96. The van der Waals surface area contributed by atoms with E-state index in [0.29, 0.717) is 11.6 Å². The van der Waals surface area contributed by atoms with Gasteiger partial charge in [-0.25, -0.2) is 9.67 Å². The second-order valence-corrected chi connectivity index (χ2v) is 3.20. The number of aromatic nitrogens is 3. The molecule has 0 fully saturated rings. The van der Waals surface area contributed by atoms with E-state index in [4.69, 9.17) is 4.74 Å². The molecule has 0 radical (unpaired) electrons. The van der Waals surface area contributed by atoms with Crippen LogP contribution in [-0.2, 0) is 6.18 Å². The summed E-state index contributed by atoms with van der Waals surface area (Å²) < 4.78 is 43.1. The van der Waals surface area contributed by atoms with Crippen molar-refractivity contribution in [3.8, 4) is 11.6 Å². The zero-order valence-electron chi connectivity index (χ0n) is 8.77. The van der Waals surface area contributed by atoms with Gasteiger partial charge >= 0.3 is 6.18 Å². The maximum Gasteiger partial charge on any atom is 0.433 e. The van der Waals surface area contributed by atoms with Crippen molar-refractivity contribution in [1.82, 2.24) is 14.8 Å². The maximum atomic E-state index is 12.3. The van der Waals surface area contributed by atoms with Crippen molar-refractivity contribution in [3.05, 3.63) is 36.3 Å². The van der Waals surface area contributed by atoms with Crippen molar-refractivity contribution in [2.24, 2.45) is 0 Å². The fourth-order valence-electron chi connectivity index (χ4n) is 1.25. The molecule has 17 heavy (non-hydrogen) atoms. The van der Waals surface area contributed by atoms with Crippen molar-refractivity contribution in [3.63, 3.8) is 0 Å². The third-order valence-electron chi connectivity index (χ3n) is 2.08. The second kappa shape index (κ2) is 4.08. The first kappa shape index (κ1) is 11.4. The molecule has 0 N–H and O–H groups in total.